The molecule has 4 aromatic rings. The van der Waals surface area contributed by atoms with E-state index >= 15 is 0 Å². The monoisotopic (exact) mass is 176 g/mol. The van der Waals surface area contributed by atoms with E-state index in [1.54, 1.807) is 0 Å². The molecule has 14 heavy (non-hydrogen) atoms. The molecule has 0 spiro atoms. The zero-order chi connectivity index (χ0) is 9.12. The van der Waals surface area contributed by atoms with Crippen LogP contribution in [0.2, 0.25) is 0 Å². The zero-order valence-electron chi connectivity index (χ0n) is 7.62. The van der Waals surface area contributed by atoms with Crippen molar-refractivity contribution < 1.29 is 0 Å². The van der Waals surface area contributed by atoms with Crippen LogP contribution in [0.4, 0.5) is 0 Å². The maximum atomic E-state index is 2.21. The second-order valence-electron chi connectivity index (χ2n) is 3.90. The molecule has 0 saturated heterocycles. The number of rotatable bonds is 0. The fourth-order valence-electron chi connectivity index (χ4n) is 2.31. The average molecular weight is 176 g/mol. The highest BCUT2D eigenvalue weighted by atomic mass is 14.1. The molecule has 0 heterocycles. The standard InChI is InChI=1S/C14H8/c1-3-11-4-2-10-6-8-13(10)14(11)12-7-5-9(1)12/h1-8H. The van der Waals surface area contributed by atoms with E-state index in [-0.39, 0.29) is 0 Å². The average Bonchev–Trinajstić information content (AvgIpc) is 2.07. The Labute approximate surface area is 81.4 Å². The maximum absolute atomic E-state index is 2.21. The largest absolute Gasteiger partial charge is 0.0537 e. The molecule has 4 rings (SSSR count). The maximum Gasteiger partial charge on any atom is -0.00268 e. The Hall–Kier alpha value is -1.82. The quantitative estimate of drug-likeness (QED) is 0.379. The van der Waals surface area contributed by atoms with E-state index in [0.717, 1.165) is 0 Å². The molecule has 64 valence electrons. The summed E-state index contributed by atoms with van der Waals surface area (Å²) >= 11 is 0. The molecule has 0 aliphatic heterocycles. The lowest BCUT2D eigenvalue weighted by Crippen LogP contribution is -1.84. The van der Waals surface area contributed by atoms with Gasteiger partial charge in [-0.05, 0) is 32.3 Å². The van der Waals surface area contributed by atoms with Crippen LogP contribution in [-0.4, -0.2) is 0 Å². The van der Waals surface area contributed by atoms with Gasteiger partial charge in [-0.1, -0.05) is 48.5 Å². The first-order valence-electron chi connectivity index (χ1n) is 4.89. The van der Waals surface area contributed by atoms with Crippen molar-refractivity contribution in [2.75, 3.05) is 0 Å². The molecule has 0 aromatic heterocycles. The van der Waals surface area contributed by atoms with Crippen LogP contribution in [-0.2, 0) is 0 Å². The molecule has 0 bridgehead atoms. The van der Waals surface area contributed by atoms with Crippen molar-refractivity contribution in [3.63, 3.8) is 0 Å². The summed E-state index contributed by atoms with van der Waals surface area (Å²) in [6.07, 6.45) is 0. The SMILES string of the molecule is c1cc2ccc3ccc3c2c2ccc12. The second kappa shape index (κ2) is 1.98. The van der Waals surface area contributed by atoms with Crippen molar-refractivity contribution in [2.45, 2.75) is 0 Å². The van der Waals surface area contributed by atoms with Crippen LogP contribution in [0.15, 0.2) is 48.5 Å². The van der Waals surface area contributed by atoms with E-state index in [1.165, 1.54) is 32.3 Å². The lowest BCUT2D eigenvalue weighted by atomic mass is 9.93. The van der Waals surface area contributed by atoms with Gasteiger partial charge in [-0.3, -0.25) is 0 Å². The number of fused-ring (bicyclic) bond motifs is 5. The normalized spacial score (nSPS) is 12.3. The summed E-state index contributed by atoms with van der Waals surface area (Å²) in [7, 11) is 0. The van der Waals surface area contributed by atoms with E-state index in [9.17, 15) is 0 Å². The molecule has 0 atom stereocenters. The molecule has 4 aromatic carbocycles. The number of benzene rings is 2. The van der Waals surface area contributed by atoms with Crippen molar-refractivity contribution in [1.82, 2.24) is 0 Å². The van der Waals surface area contributed by atoms with Crippen LogP contribution in [0.25, 0.3) is 32.3 Å². The van der Waals surface area contributed by atoms with Crippen LogP contribution < -0.4 is 0 Å². The van der Waals surface area contributed by atoms with Crippen molar-refractivity contribution in [3.8, 4) is 0 Å². The second-order valence-corrected chi connectivity index (χ2v) is 3.90. The summed E-state index contributed by atoms with van der Waals surface area (Å²) in [5.41, 5.74) is 0. The van der Waals surface area contributed by atoms with Crippen LogP contribution in [0.5, 0.6) is 0 Å². The minimum absolute atomic E-state index is 1.36. The minimum atomic E-state index is 1.36. The summed E-state index contributed by atoms with van der Waals surface area (Å²) in [5, 5.41) is 8.39. The van der Waals surface area contributed by atoms with E-state index in [4.69, 9.17) is 0 Å². The third-order valence-electron chi connectivity index (χ3n) is 3.19. The van der Waals surface area contributed by atoms with E-state index in [2.05, 4.69) is 48.5 Å². The predicted octanol–water partition coefficient (Wildman–Crippen LogP) is 4.02. The summed E-state index contributed by atoms with van der Waals surface area (Å²) < 4.78 is 0. The summed E-state index contributed by atoms with van der Waals surface area (Å²) in [6, 6.07) is 17.6. The fraction of sp³-hybridized carbons (Fsp3) is 0. The van der Waals surface area contributed by atoms with Crippen molar-refractivity contribution in [2.24, 2.45) is 0 Å². The first kappa shape index (κ1) is 6.61. The van der Waals surface area contributed by atoms with Gasteiger partial charge in [-0.15, -0.1) is 0 Å². The Bertz CT molecular complexity index is 654. The highest BCUT2D eigenvalue weighted by Crippen LogP contribution is 2.35. The third kappa shape index (κ3) is 0.589. The molecule has 0 saturated carbocycles. The van der Waals surface area contributed by atoms with Gasteiger partial charge in [0.05, 0.1) is 0 Å². The Kier molecular flexibility index (Phi) is 0.935. The summed E-state index contributed by atoms with van der Waals surface area (Å²) in [5.74, 6) is 0. The first-order chi connectivity index (χ1) is 6.93. The van der Waals surface area contributed by atoms with Gasteiger partial charge in [-0.2, -0.15) is 0 Å². The molecule has 0 heteroatoms. The molecule has 0 aliphatic rings. The molecule has 0 unspecified atom stereocenters. The van der Waals surface area contributed by atoms with Gasteiger partial charge in [0, 0.05) is 0 Å². The molecule has 0 fully saturated rings. The highest BCUT2D eigenvalue weighted by molar-refractivity contribution is 6.22. The van der Waals surface area contributed by atoms with Gasteiger partial charge in [0.2, 0.25) is 0 Å². The van der Waals surface area contributed by atoms with E-state index in [0.29, 0.717) is 0 Å². The fourth-order valence-corrected chi connectivity index (χ4v) is 2.31. The Balaban J connectivity index is 2.42. The Morgan fingerprint density at radius 3 is 1.29 bits per heavy atom. The van der Waals surface area contributed by atoms with Crippen LogP contribution >= 0.6 is 0 Å². The predicted molar refractivity (Wildman–Crippen MR) is 61.3 cm³/mol. The van der Waals surface area contributed by atoms with Gasteiger partial charge in [-0.25, -0.2) is 0 Å². The van der Waals surface area contributed by atoms with Gasteiger partial charge >= 0.3 is 0 Å². The lowest BCUT2D eigenvalue weighted by Gasteiger charge is -2.11. The van der Waals surface area contributed by atoms with Gasteiger partial charge in [0.1, 0.15) is 0 Å². The van der Waals surface area contributed by atoms with Crippen molar-refractivity contribution >= 4 is 32.3 Å². The van der Waals surface area contributed by atoms with Crippen molar-refractivity contribution in [3.05, 3.63) is 48.5 Å². The molecular weight excluding hydrogens is 168 g/mol. The summed E-state index contributed by atoms with van der Waals surface area (Å²) in [4.78, 5) is 0. The highest BCUT2D eigenvalue weighted by Gasteiger charge is 2.07. The van der Waals surface area contributed by atoms with Gasteiger partial charge in [0.25, 0.3) is 0 Å². The molecule has 0 N–H and O–H groups in total. The Morgan fingerprint density at radius 2 is 0.857 bits per heavy atom. The number of hydrogen-bond donors (Lipinski definition) is 0. The third-order valence-corrected chi connectivity index (χ3v) is 3.19. The molecule has 0 nitrogen and oxygen atoms in total. The van der Waals surface area contributed by atoms with Gasteiger partial charge in [0.15, 0.2) is 0 Å². The lowest BCUT2D eigenvalue weighted by molar-refractivity contribution is 1.79. The topological polar surface area (TPSA) is 0 Å². The van der Waals surface area contributed by atoms with E-state index < -0.39 is 0 Å². The zero-order valence-corrected chi connectivity index (χ0v) is 7.62. The molecule has 0 amide bonds. The van der Waals surface area contributed by atoms with Crippen LogP contribution in [0, 0.1) is 0 Å². The minimum Gasteiger partial charge on any atom is -0.0537 e. The summed E-state index contributed by atoms with van der Waals surface area (Å²) in [6.45, 7) is 0. The van der Waals surface area contributed by atoms with Crippen molar-refractivity contribution in [1.29, 1.82) is 0 Å². The molecular formula is C14H8. The van der Waals surface area contributed by atoms with Crippen LogP contribution in [0.3, 0.4) is 0 Å². The van der Waals surface area contributed by atoms with Gasteiger partial charge < -0.3 is 0 Å². The molecule has 0 aliphatic carbocycles. The Morgan fingerprint density at radius 1 is 0.429 bits per heavy atom. The van der Waals surface area contributed by atoms with E-state index in [1.807, 2.05) is 0 Å². The molecule has 0 radical (unpaired) electrons. The van der Waals surface area contributed by atoms with Crippen LogP contribution in [0.1, 0.15) is 0 Å². The smallest absolute Gasteiger partial charge is 0.00268 e. The number of hydrogen-bond acceptors (Lipinski definition) is 0. The first-order valence-corrected chi connectivity index (χ1v) is 4.89.